The molecular weight excluding hydrogens is 654 g/mol. The third-order valence-electron chi connectivity index (χ3n) is 6.78. The van der Waals surface area contributed by atoms with Gasteiger partial charge in [0.05, 0.1) is 39.4 Å². The van der Waals surface area contributed by atoms with Crippen molar-refractivity contribution in [2.45, 2.75) is 12.7 Å². The molecule has 0 aliphatic rings. The lowest BCUT2D eigenvalue weighted by molar-refractivity contribution is -0.139. The number of carbonyl (C=O) groups is 1. The highest BCUT2D eigenvalue weighted by molar-refractivity contribution is 7.89. The second-order valence-corrected chi connectivity index (χ2v) is 12.6. The molecule has 0 bridgehead atoms. The molecule has 6 aromatic rings. The highest BCUT2D eigenvalue weighted by Crippen LogP contribution is 2.38. The second kappa shape index (κ2) is 9.93. The minimum Gasteiger partial charge on any atom is -0.382 e. The van der Waals surface area contributed by atoms with Crippen molar-refractivity contribution < 1.29 is 30.8 Å². The number of carbonyl (C=O) groups excluding carboxylic acids is 1. The summed E-state index contributed by atoms with van der Waals surface area (Å²) < 4.78 is 84.1. The Morgan fingerprint density at radius 1 is 1.11 bits per heavy atom. The molecular formula is C25H16ClF4N7O5S2. The summed E-state index contributed by atoms with van der Waals surface area (Å²) in [5.74, 6) is -3.10. The summed E-state index contributed by atoms with van der Waals surface area (Å²) >= 11 is 7.51. The first kappa shape index (κ1) is 29.4. The molecule has 4 heterocycles. The van der Waals surface area contributed by atoms with E-state index in [2.05, 4.69) is 15.2 Å². The van der Waals surface area contributed by atoms with E-state index >= 15 is 4.39 Å². The highest BCUT2D eigenvalue weighted by atomic mass is 35.5. The Morgan fingerprint density at radius 2 is 1.84 bits per heavy atom. The zero-order valence-electron chi connectivity index (χ0n) is 21.8. The fourth-order valence-electron chi connectivity index (χ4n) is 4.95. The van der Waals surface area contributed by atoms with Gasteiger partial charge in [-0.25, -0.2) is 26.9 Å². The van der Waals surface area contributed by atoms with Gasteiger partial charge >= 0.3 is 11.9 Å². The summed E-state index contributed by atoms with van der Waals surface area (Å²) in [5, 5.41) is 9.17. The number of anilines is 1. The van der Waals surface area contributed by atoms with Crippen LogP contribution < -0.4 is 21.7 Å². The van der Waals surface area contributed by atoms with Gasteiger partial charge in [0.15, 0.2) is 5.82 Å². The number of nitrogens with one attached hydrogen (secondary N) is 3. The van der Waals surface area contributed by atoms with Crippen molar-refractivity contribution in [3.63, 3.8) is 0 Å². The summed E-state index contributed by atoms with van der Waals surface area (Å²) in [7, 11) is -4.31. The van der Waals surface area contributed by atoms with Crippen LogP contribution in [0.4, 0.5) is 23.4 Å². The van der Waals surface area contributed by atoms with E-state index in [1.807, 2.05) is 0 Å². The number of thiophene rings is 1. The number of H-pyrrole nitrogens is 2. The molecule has 12 nitrogen and oxygen atoms in total. The van der Waals surface area contributed by atoms with Gasteiger partial charge in [0.25, 0.3) is 11.5 Å². The van der Waals surface area contributed by atoms with E-state index in [9.17, 15) is 36.0 Å². The number of rotatable bonds is 5. The fourth-order valence-corrected chi connectivity index (χ4v) is 6.36. The van der Waals surface area contributed by atoms with Crippen molar-refractivity contribution in [3.8, 4) is 5.69 Å². The fraction of sp³-hybridized carbons (Fsp3) is 0.120. The molecule has 6 rings (SSSR count). The predicted octanol–water partition coefficient (Wildman–Crippen LogP) is 3.70. The van der Waals surface area contributed by atoms with Crippen LogP contribution >= 0.6 is 22.9 Å². The molecule has 19 heteroatoms. The van der Waals surface area contributed by atoms with Gasteiger partial charge in [-0.2, -0.15) is 18.3 Å². The Hall–Kier alpha value is -4.68. The zero-order valence-corrected chi connectivity index (χ0v) is 24.2. The van der Waals surface area contributed by atoms with Crippen molar-refractivity contribution in [1.82, 2.24) is 29.0 Å². The number of benzene rings is 2. The lowest BCUT2D eigenvalue weighted by Crippen LogP contribution is -2.37. The molecule has 44 heavy (non-hydrogen) atoms. The average Bonchev–Trinajstić information content (AvgIpc) is 3.59. The number of aromatic nitrogens is 5. The molecule has 0 aliphatic carbocycles. The quantitative estimate of drug-likeness (QED) is 0.202. The van der Waals surface area contributed by atoms with Crippen LogP contribution in [-0.2, 0) is 22.7 Å². The molecule has 0 atom stereocenters. The number of fused-ring (bicyclic) bond motifs is 3. The zero-order chi connectivity index (χ0) is 31.9. The summed E-state index contributed by atoms with van der Waals surface area (Å²) in [6.45, 7) is -0.486. The van der Waals surface area contributed by atoms with Crippen LogP contribution in [0.25, 0.3) is 38.4 Å². The molecule has 2 aromatic carbocycles. The van der Waals surface area contributed by atoms with E-state index in [-0.39, 0.29) is 27.3 Å². The van der Waals surface area contributed by atoms with Crippen molar-refractivity contribution >= 4 is 77.4 Å². The van der Waals surface area contributed by atoms with Crippen LogP contribution in [0.1, 0.15) is 21.6 Å². The molecule has 1 amide bonds. The number of sulfonamides is 1. The molecule has 0 unspecified atom stereocenters. The lowest BCUT2D eigenvalue weighted by atomic mass is 10.1. The van der Waals surface area contributed by atoms with Gasteiger partial charge in [-0.05, 0) is 29.8 Å². The van der Waals surface area contributed by atoms with E-state index in [1.165, 1.54) is 22.9 Å². The maximum Gasteiger partial charge on any atom is 0.419 e. The Balaban J connectivity index is 1.78. The van der Waals surface area contributed by atoms with E-state index in [0.29, 0.717) is 33.9 Å². The van der Waals surface area contributed by atoms with Crippen molar-refractivity contribution in [2.24, 2.45) is 0 Å². The number of nitrogens with zero attached hydrogens (tertiary/aromatic N) is 3. The monoisotopic (exact) mass is 669 g/mol. The topological polar surface area (TPSA) is 178 Å². The number of halogens is 5. The van der Waals surface area contributed by atoms with Crippen LogP contribution in [0.3, 0.4) is 0 Å². The number of hydrogen-bond donors (Lipinski definition) is 4. The van der Waals surface area contributed by atoms with Gasteiger partial charge < -0.3 is 15.3 Å². The summed E-state index contributed by atoms with van der Waals surface area (Å²) in [6, 6.07) is 3.70. The van der Waals surface area contributed by atoms with Gasteiger partial charge in [-0.1, -0.05) is 11.6 Å². The third-order valence-corrected chi connectivity index (χ3v) is 8.43. The van der Waals surface area contributed by atoms with Crippen LogP contribution in [-0.4, -0.2) is 44.9 Å². The number of nitrogens with two attached hydrogens (primary N) is 1. The first-order valence-electron chi connectivity index (χ1n) is 12.1. The Kier molecular flexibility index (Phi) is 6.63. The Morgan fingerprint density at radius 3 is 2.52 bits per heavy atom. The standard InChI is InChI=1S/C25H16ClF4N7O5S2/c1-44(41,42)35-22(38)20-19(37-23(39)12-7-43-8-17(12)32-24(37)40)11-3-13(25(28,29)30)15(27)5-18(11)36(20)6-9-2-10-16(4-14(9)26)33-34-21(10)31/h2-5,7-8H,6H2,1H3,(H,32,40)(H,35,38)(H3,31,33,34). The molecule has 4 aromatic heterocycles. The smallest absolute Gasteiger partial charge is 0.382 e. The van der Waals surface area contributed by atoms with E-state index in [4.69, 9.17) is 17.3 Å². The van der Waals surface area contributed by atoms with Gasteiger partial charge in [-0.3, -0.25) is 14.7 Å². The molecule has 0 radical (unpaired) electrons. The van der Waals surface area contributed by atoms with Gasteiger partial charge in [-0.15, -0.1) is 11.3 Å². The minimum atomic E-state index is -5.23. The average molecular weight is 670 g/mol. The van der Waals surface area contributed by atoms with E-state index in [1.54, 1.807) is 4.72 Å². The van der Waals surface area contributed by atoms with E-state index < -0.39 is 73.6 Å². The van der Waals surface area contributed by atoms with Crippen molar-refractivity contribution in [2.75, 3.05) is 12.0 Å². The van der Waals surface area contributed by atoms with Gasteiger partial charge in [0, 0.05) is 33.1 Å². The van der Waals surface area contributed by atoms with Crippen LogP contribution in [0, 0.1) is 5.82 Å². The van der Waals surface area contributed by atoms with Crippen LogP contribution in [0.2, 0.25) is 5.02 Å². The largest absolute Gasteiger partial charge is 0.419 e. The third kappa shape index (κ3) is 4.80. The predicted molar refractivity (Wildman–Crippen MR) is 155 cm³/mol. The lowest BCUT2D eigenvalue weighted by Gasteiger charge is -2.14. The van der Waals surface area contributed by atoms with Gasteiger partial charge in [0.2, 0.25) is 10.0 Å². The molecule has 228 valence electrons. The molecule has 0 fully saturated rings. The molecule has 0 aliphatic heterocycles. The van der Waals surface area contributed by atoms with Crippen molar-refractivity contribution in [1.29, 1.82) is 0 Å². The second-order valence-electron chi connectivity index (χ2n) is 9.70. The summed E-state index contributed by atoms with van der Waals surface area (Å²) in [5.41, 5.74) is 0.836. The normalized spacial score (nSPS) is 12.5. The summed E-state index contributed by atoms with van der Waals surface area (Å²) in [4.78, 5) is 42.9. The number of alkyl halides is 3. The number of aromatic amines is 2. The molecule has 0 saturated heterocycles. The molecule has 0 saturated carbocycles. The van der Waals surface area contributed by atoms with Gasteiger partial charge in [0.1, 0.15) is 11.5 Å². The maximum atomic E-state index is 15.1. The van der Waals surface area contributed by atoms with Crippen LogP contribution in [0.15, 0.2) is 44.6 Å². The van der Waals surface area contributed by atoms with Crippen molar-refractivity contribution in [3.05, 3.63) is 83.5 Å². The highest BCUT2D eigenvalue weighted by Gasteiger charge is 2.37. The number of hydrogen-bond acceptors (Lipinski definition) is 8. The first-order chi connectivity index (χ1) is 20.5. The maximum absolute atomic E-state index is 15.1. The first-order valence-corrected chi connectivity index (χ1v) is 15.3. The Bertz CT molecular complexity index is 2420. The summed E-state index contributed by atoms with van der Waals surface area (Å²) in [6.07, 6.45) is -4.59. The van der Waals surface area contributed by atoms with Crippen LogP contribution in [0.5, 0.6) is 0 Å². The number of nitrogen functional groups attached to an aromatic ring is 1. The molecule has 0 spiro atoms. The number of amides is 1. The molecule has 5 N–H and O–H groups in total. The minimum absolute atomic E-state index is 0.0490. The SMILES string of the molecule is CS(=O)(=O)NC(=O)c1c(-n2c(=O)[nH]c3cscc3c2=O)c2cc(C(F)(F)F)c(F)cc2n1Cc1cc2c(N)n[nH]c2cc1Cl. The van der Waals surface area contributed by atoms with E-state index in [0.717, 1.165) is 15.9 Å². The Labute approximate surface area is 250 Å².